The highest BCUT2D eigenvalue weighted by Crippen LogP contribution is 2.28. The van der Waals surface area contributed by atoms with Crippen molar-refractivity contribution in [2.24, 2.45) is 0 Å². The number of rotatable bonds is 6. The van der Waals surface area contributed by atoms with E-state index in [1.807, 2.05) is 42.5 Å². The van der Waals surface area contributed by atoms with Gasteiger partial charge in [0, 0.05) is 5.56 Å². The lowest BCUT2D eigenvalue weighted by molar-refractivity contribution is 0.0527. The molecule has 7 heteroatoms. The summed E-state index contributed by atoms with van der Waals surface area (Å²) in [5.74, 6) is 0.552. The van der Waals surface area contributed by atoms with E-state index in [-0.39, 0.29) is 6.61 Å². The highest BCUT2D eigenvalue weighted by Gasteiger charge is 2.20. The van der Waals surface area contributed by atoms with Gasteiger partial charge in [-0.1, -0.05) is 30.3 Å². The third kappa shape index (κ3) is 4.35. The molecule has 0 aliphatic heterocycles. The van der Waals surface area contributed by atoms with Gasteiger partial charge < -0.3 is 10.1 Å². The van der Waals surface area contributed by atoms with Crippen LogP contribution in [0.25, 0.3) is 16.9 Å². The van der Waals surface area contributed by atoms with Gasteiger partial charge in [-0.15, -0.1) is 10.2 Å². The molecule has 2 aromatic carbocycles. The molecule has 4 aromatic rings. The van der Waals surface area contributed by atoms with Gasteiger partial charge in [0.05, 0.1) is 24.2 Å². The van der Waals surface area contributed by atoms with Gasteiger partial charge in [0.25, 0.3) is 0 Å². The lowest BCUT2D eigenvalue weighted by Crippen LogP contribution is -2.10. The lowest BCUT2D eigenvalue weighted by Gasteiger charge is -2.16. The first-order valence-corrected chi connectivity index (χ1v) is 11.3. The van der Waals surface area contributed by atoms with Crippen molar-refractivity contribution in [2.45, 2.75) is 32.6 Å². The third-order valence-corrected chi connectivity index (χ3v) is 5.82. The molecule has 0 amide bonds. The zero-order chi connectivity index (χ0) is 22.6. The Hall–Kier alpha value is -4.00. The van der Waals surface area contributed by atoms with Crippen LogP contribution in [0, 0.1) is 0 Å². The minimum atomic E-state index is -0.444. The van der Waals surface area contributed by atoms with Gasteiger partial charge >= 0.3 is 5.97 Å². The maximum atomic E-state index is 12.5. The lowest BCUT2D eigenvalue weighted by atomic mass is 9.90. The molecule has 0 radical (unpaired) electrons. The van der Waals surface area contributed by atoms with Crippen molar-refractivity contribution in [2.75, 3.05) is 11.9 Å². The van der Waals surface area contributed by atoms with Crippen LogP contribution in [0.4, 0.5) is 11.6 Å². The predicted molar refractivity (Wildman–Crippen MR) is 127 cm³/mol. The van der Waals surface area contributed by atoms with Crippen LogP contribution >= 0.6 is 0 Å². The number of hydrogen-bond acceptors (Lipinski definition) is 6. The predicted octanol–water partition coefficient (Wildman–Crippen LogP) is 5.13. The number of aryl methyl sites for hydroxylation is 2. The van der Waals surface area contributed by atoms with Gasteiger partial charge in [-0.2, -0.15) is 5.10 Å². The second-order valence-corrected chi connectivity index (χ2v) is 7.99. The zero-order valence-electron chi connectivity index (χ0n) is 18.5. The molecule has 2 aromatic heterocycles. The Labute approximate surface area is 192 Å². The zero-order valence-corrected chi connectivity index (χ0v) is 18.5. The van der Waals surface area contributed by atoms with Crippen molar-refractivity contribution >= 4 is 17.6 Å². The molecule has 1 N–H and O–H groups in total. The molecule has 33 heavy (non-hydrogen) atoms. The molecule has 0 atom stereocenters. The van der Waals surface area contributed by atoms with E-state index in [1.54, 1.807) is 11.6 Å². The first-order valence-electron chi connectivity index (χ1n) is 11.3. The molecular formula is C26H25N5O2. The molecule has 166 valence electrons. The van der Waals surface area contributed by atoms with Gasteiger partial charge in [0.2, 0.25) is 0 Å². The molecule has 5 rings (SSSR count). The molecule has 0 spiro atoms. The van der Waals surface area contributed by atoms with E-state index in [1.165, 1.54) is 30.2 Å². The molecule has 0 saturated carbocycles. The smallest absolute Gasteiger partial charge is 0.343 e. The standard InChI is InChI=1S/C26H25N5O2/c1-2-33-26(32)22-17-27-31(21-10-4-3-5-11-21)25(22)28-24-15-14-23(29-30-24)20-13-12-18-8-6-7-9-19(18)16-20/h3-5,10-17H,2,6-9H2,1H3,(H,28,30). The Morgan fingerprint density at radius 3 is 2.58 bits per heavy atom. The van der Waals surface area contributed by atoms with Gasteiger partial charge in [-0.05, 0) is 74.1 Å². The monoisotopic (exact) mass is 439 g/mol. The minimum absolute atomic E-state index is 0.282. The number of anilines is 2. The Morgan fingerprint density at radius 2 is 1.82 bits per heavy atom. The summed E-state index contributed by atoms with van der Waals surface area (Å²) in [5.41, 5.74) is 5.88. The average Bonchev–Trinajstić information content (AvgIpc) is 3.28. The van der Waals surface area contributed by atoms with E-state index in [4.69, 9.17) is 4.74 Å². The molecule has 1 aliphatic carbocycles. The van der Waals surface area contributed by atoms with Crippen molar-refractivity contribution < 1.29 is 9.53 Å². The van der Waals surface area contributed by atoms with Crippen LogP contribution in [0.3, 0.4) is 0 Å². The molecule has 1 aliphatic rings. The summed E-state index contributed by atoms with van der Waals surface area (Å²) in [6.07, 6.45) is 6.28. The fourth-order valence-corrected chi connectivity index (χ4v) is 4.16. The van der Waals surface area contributed by atoms with E-state index < -0.39 is 5.97 Å². The maximum Gasteiger partial charge on any atom is 0.343 e. The highest BCUT2D eigenvalue weighted by molar-refractivity contribution is 5.95. The first-order chi connectivity index (χ1) is 16.2. The maximum absolute atomic E-state index is 12.5. The van der Waals surface area contributed by atoms with E-state index in [0.29, 0.717) is 17.2 Å². The average molecular weight is 440 g/mol. The van der Waals surface area contributed by atoms with Gasteiger partial charge in [-0.25, -0.2) is 9.48 Å². The topological polar surface area (TPSA) is 81.9 Å². The van der Waals surface area contributed by atoms with Crippen LogP contribution in [0.15, 0.2) is 66.9 Å². The number of para-hydroxylation sites is 1. The Balaban J connectivity index is 1.44. The van der Waals surface area contributed by atoms with E-state index in [9.17, 15) is 4.79 Å². The largest absolute Gasteiger partial charge is 0.462 e. The van der Waals surface area contributed by atoms with Gasteiger partial charge in [0.1, 0.15) is 11.4 Å². The number of ether oxygens (including phenoxy) is 1. The number of esters is 1. The van der Waals surface area contributed by atoms with Crippen LogP contribution in [0.5, 0.6) is 0 Å². The summed E-state index contributed by atoms with van der Waals surface area (Å²) in [6.45, 7) is 2.06. The van der Waals surface area contributed by atoms with Crippen LogP contribution in [-0.4, -0.2) is 32.6 Å². The van der Waals surface area contributed by atoms with Crippen LogP contribution in [0.1, 0.15) is 41.3 Å². The molecule has 0 fully saturated rings. The van der Waals surface area contributed by atoms with Crippen LogP contribution < -0.4 is 5.32 Å². The molecule has 2 heterocycles. The second kappa shape index (κ2) is 9.24. The first kappa shape index (κ1) is 20.9. The van der Waals surface area contributed by atoms with E-state index >= 15 is 0 Å². The summed E-state index contributed by atoms with van der Waals surface area (Å²) in [4.78, 5) is 12.5. The Morgan fingerprint density at radius 1 is 1.00 bits per heavy atom. The van der Waals surface area contributed by atoms with Crippen molar-refractivity contribution in [1.29, 1.82) is 0 Å². The fourth-order valence-electron chi connectivity index (χ4n) is 4.16. The number of carbonyl (C=O) groups excluding carboxylic acids is 1. The summed E-state index contributed by atoms with van der Waals surface area (Å²) < 4.78 is 6.87. The number of fused-ring (bicyclic) bond motifs is 1. The molecular weight excluding hydrogens is 414 g/mol. The summed E-state index contributed by atoms with van der Waals surface area (Å²) in [7, 11) is 0. The number of nitrogens with zero attached hydrogens (tertiary/aromatic N) is 4. The van der Waals surface area contributed by atoms with Gasteiger partial charge in [0.15, 0.2) is 5.82 Å². The Bertz CT molecular complexity index is 1270. The quantitative estimate of drug-likeness (QED) is 0.420. The number of nitrogens with one attached hydrogen (secondary N) is 1. The molecule has 0 bridgehead atoms. The minimum Gasteiger partial charge on any atom is -0.462 e. The molecule has 0 saturated heterocycles. The van der Waals surface area contributed by atoms with Crippen molar-refractivity contribution in [3.63, 3.8) is 0 Å². The summed E-state index contributed by atoms with van der Waals surface area (Å²) >= 11 is 0. The number of aromatic nitrogens is 4. The number of carbonyl (C=O) groups is 1. The van der Waals surface area contributed by atoms with E-state index in [0.717, 1.165) is 29.8 Å². The van der Waals surface area contributed by atoms with Crippen molar-refractivity contribution in [1.82, 2.24) is 20.0 Å². The molecule has 7 nitrogen and oxygen atoms in total. The summed E-state index contributed by atoms with van der Waals surface area (Å²) in [5, 5.41) is 16.4. The second-order valence-electron chi connectivity index (χ2n) is 7.99. The fraction of sp³-hybridized carbons (Fsp3) is 0.231. The SMILES string of the molecule is CCOC(=O)c1cnn(-c2ccccc2)c1Nc1ccc(-c2ccc3c(c2)CCCC3)nn1. The van der Waals surface area contributed by atoms with Crippen molar-refractivity contribution in [3.8, 4) is 16.9 Å². The number of hydrogen-bond donors (Lipinski definition) is 1. The van der Waals surface area contributed by atoms with Crippen LogP contribution in [0.2, 0.25) is 0 Å². The normalized spacial score (nSPS) is 12.8. The van der Waals surface area contributed by atoms with Crippen LogP contribution in [-0.2, 0) is 17.6 Å². The van der Waals surface area contributed by atoms with Crippen molar-refractivity contribution in [3.05, 3.63) is 83.6 Å². The Kier molecular flexibility index (Phi) is 5.85. The van der Waals surface area contributed by atoms with Gasteiger partial charge in [-0.3, -0.25) is 0 Å². The number of benzene rings is 2. The third-order valence-electron chi connectivity index (χ3n) is 5.82. The highest BCUT2D eigenvalue weighted by atomic mass is 16.5. The molecule has 0 unspecified atom stereocenters. The summed E-state index contributed by atoms with van der Waals surface area (Å²) in [6, 6.07) is 19.9. The van der Waals surface area contributed by atoms with E-state index in [2.05, 4.69) is 38.8 Å².